The zero-order valence-electron chi connectivity index (χ0n) is 16.5. The Morgan fingerprint density at radius 1 is 0.931 bits per heavy atom. The van der Waals surface area contributed by atoms with Gasteiger partial charge in [-0.2, -0.15) is 5.10 Å². The number of rotatable bonds is 8. The first-order chi connectivity index (χ1) is 14.0. The second-order valence-electron chi connectivity index (χ2n) is 6.17. The van der Waals surface area contributed by atoms with Crippen LogP contribution in [0.2, 0.25) is 0 Å². The zero-order valence-corrected chi connectivity index (χ0v) is 16.5. The molecule has 0 saturated carbocycles. The van der Waals surface area contributed by atoms with Crippen LogP contribution in [0.15, 0.2) is 54.6 Å². The van der Waals surface area contributed by atoms with Crippen molar-refractivity contribution in [3.05, 3.63) is 65.9 Å². The summed E-state index contributed by atoms with van der Waals surface area (Å²) in [4.78, 5) is 25.1. The summed E-state index contributed by atoms with van der Waals surface area (Å²) in [6.07, 6.45) is 0. The van der Waals surface area contributed by atoms with Crippen molar-refractivity contribution in [2.75, 3.05) is 20.8 Å². The van der Waals surface area contributed by atoms with Crippen LogP contribution >= 0.6 is 0 Å². The fraction of sp³-hybridized carbons (Fsp3) is 0.227. The minimum atomic E-state index is -0.526. The number of hydrogen-bond donors (Lipinski definition) is 0. The number of carbonyl (C=O) groups excluding carboxylic acids is 2. The number of carbonyl (C=O) groups is 2. The Labute approximate surface area is 168 Å². The van der Waals surface area contributed by atoms with Crippen LogP contribution in [0, 0.1) is 0 Å². The van der Waals surface area contributed by atoms with E-state index in [-0.39, 0.29) is 24.6 Å². The summed E-state index contributed by atoms with van der Waals surface area (Å²) < 4.78 is 16.8. The minimum Gasteiger partial charge on any atom is -0.497 e. The van der Waals surface area contributed by atoms with Crippen LogP contribution in [0.25, 0.3) is 11.3 Å². The van der Waals surface area contributed by atoms with Crippen molar-refractivity contribution in [2.45, 2.75) is 13.5 Å². The minimum absolute atomic E-state index is 0.0867. The van der Waals surface area contributed by atoms with Gasteiger partial charge < -0.3 is 14.2 Å². The van der Waals surface area contributed by atoms with Crippen molar-refractivity contribution in [1.29, 1.82) is 0 Å². The summed E-state index contributed by atoms with van der Waals surface area (Å²) in [7, 11) is 3.15. The van der Waals surface area contributed by atoms with Gasteiger partial charge in [0.2, 0.25) is 0 Å². The fourth-order valence-corrected chi connectivity index (χ4v) is 2.81. The third kappa shape index (κ3) is 4.63. The molecule has 0 saturated heterocycles. The number of hydrogen-bond acceptors (Lipinski definition) is 6. The first kappa shape index (κ1) is 20.1. The van der Waals surface area contributed by atoms with Gasteiger partial charge in [-0.25, -0.2) is 9.48 Å². The highest BCUT2D eigenvalue weighted by molar-refractivity contribution is 5.97. The quantitative estimate of drug-likeness (QED) is 0.429. The molecule has 7 nitrogen and oxygen atoms in total. The predicted molar refractivity (Wildman–Crippen MR) is 107 cm³/mol. The van der Waals surface area contributed by atoms with Gasteiger partial charge in [-0.05, 0) is 61.5 Å². The predicted octanol–water partition coefficient (Wildman–Crippen LogP) is 3.63. The van der Waals surface area contributed by atoms with Crippen LogP contribution in [0.4, 0.5) is 0 Å². The lowest BCUT2D eigenvalue weighted by molar-refractivity contribution is 0.0512. The number of aromatic nitrogens is 2. The molecule has 2 aromatic carbocycles. The van der Waals surface area contributed by atoms with Gasteiger partial charge in [0.25, 0.3) is 0 Å². The Morgan fingerprint density at radius 2 is 1.52 bits per heavy atom. The number of nitrogens with zero attached hydrogens (tertiary/aromatic N) is 2. The van der Waals surface area contributed by atoms with E-state index in [0.29, 0.717) is 22.8 Å². The van der Waals surface area contributed by atoms with Crippen LogP contribution in [0.3, 0.4) is 0 Å². The smallest absolute Gasteiger partial charge is 0.356 e. The van der Waals surface area contributed by atoms with Crippen molar-refractivity contribution >= 4 is 11.8 Å². The lowest BCUT2D eigenvalue weighted by atomic mass is 10.1. The van der Waals surface area contributed by atoms with Crippen molar-refractivity contribution in [2.24, 2.45) is 0 Å². The van der Waals surface area contributed by atoms with Gasteiger partial charge in [-0.15, -0.1) is 0 Å². The van der Waals surface area contributed by atoms with E-state index in [4.69, 9.17) is 14.2 Å². The molecule has 1 heterocycles. The average molecular weight is 394 g/mol. The van der Waals surface area contributed by atoms with E-state index in [9.17, 15) is 9.59 Å². The molecule has 0 radical (unpaired) electrons. The molecule has 7 heteroatoms. The standard InChI is InChI=1S/C22H22N2O5/c1-4-29-22(26)20-13-19(15-5-9-17(27-2)10-6-15)23-24(20)14-21(25)16-7-11-18(28-3)12-8-16/h5-13H,4,14H2,1-3H3. The second-order valence-corrected chi connectivity index (χ2v) is 6.17. The maximum absolute atomic E-state index is 12.7. The lowest BCUT2D eigenvalue weighted by Crippen LogP contribution is -2.18. The molecule has 0 bridgehead atoms. The summed E-state index contributed by atoms with van der Waals surface area (Å²) in [6.45, 7) is 1.87. The van der Waals surface area contributed by atoms with Crippen molar-refractivity contribution in [3.8, 4) is 22.8 Å². The first-order valence-electron chi connectivity index (χ1n) is 9.12. The lowest BCUT2D eigenvalue weighted by Gasteiger charge is -2.07. The largest absolute Gasteiger partial charge is 0.497 e. The molecular weight excluding hydrogens is 372 g/mol. The highest BCUT2D eigenvalue weighted by Crippen LogP contribution is 2.23. The Bertz CT molecular complexity index is 991. The maximum atomic E-state index is 12.7. The molecule has 0 aliphatic rings. The Kier molecular flexibility index (Phi) is 6.29. The Balaban J connectivity index is 1.91. The monoisotopic (exact) mass is 394 g/mol. The molecule has 0 unspecified atom stereocenters. The van der Waals surface area contributed by atoms with Crippen LogP contribution in [0.5, 0.6) is 11.5 Å². The molecule has 3 aromatic rings. The Hall–Kier alpha value is -3.61. The topological polar surface area (TPSA) is 79.7 Å². The highest BCUT2D eigenvalue weighted by atomic mass is 16.5. The number of esters is 1. The van der Waals surface area contributed by atoms with Crippen LogP contribution < -0.4 is 9.47 Å². The van der Waals surface area contributed by atoms with Crippen molar-refractivity contribution < 1.29 is 23.8 Å². The van der Waals surface area contributed by atoms with E-state index >= 15 is 0 Å². The normalized spacial score (nSPS) is 10.4. The van der Waals surface area contributed by atoms with E-state index in [1.54, 1.807) is 63.6 Å². The fourth-order valence-electron chi connectivity index (χ4n) is 2.81. The van der Waals surface area contributed by atoms with Gasteiger partial charge in [0.15, 0.2) is 5.78 Å². The highest BCUT2D eigenvalue weighted by Gasteiger charge is 2.20. The van der Waals surface area contributed by atoms with E-state index in [2.05, 4.69) is 5.10 Å². The number of ketones is 1. The molecule has 0 fully saturated rings. The number of benzene rings is 2. The SMILES string of the molecule is CCOC(=O)c1cc(-c2ccc(OC)cc2)nn1CC(=O)c1ccc(OC)cc1. The molecule has 150 valence electrons. The van der Waals surface area contributed by atoms with Gasteiger partial charge in [0.1, 0.15) is 23.7 Å². The third-order valence-corrected chi connectivity index (χ3v) is 4.36. The summed E-state index contributed by atoms with van der Waals surface area (Å²) in [5, 5.41) is 4.47. The van der Waals surface area contributed by atoms with Crippen LogP contribution in [0.1, 0.15) is 27.8 Å². The van der Waals surface area contributed by atoms with Gasteiger partial charge in [0.05, 0.1) is 26.5 Å². The molecule has 0 N–H and O–H groups in total. The second kappa shape index (κ2) is 9.05. The van der Waals surface area contributed by atoms with Crippen LogP contribution in [-0.2, 0) is 11.3 Å². The summed E-state index contributed by atoms with van der Waals surface area (Å²) in [5.41, 5.74) is 2.09. The van der Waals surface area contributed by atoms with Crippen molar-refractivity contribution in [1.82, 2.24) is 9.78 Å². The molecule has 0 aliphatic carbocycles. The zero-order chi connectivity index (χ0) is 20.8. The van der Waals surface area contributed by atoms with Gasteiger partial charge >= 0.3 is 5.97 Å². The van der Waals surface area contributed by atoms with E-state index in [1.165, 1.54) is 4.68 Å². The molecule has 0 spiro atoms. The Morgan fingerprint density at radius 3 is 2.07 bits per heavy atom. The molecular formula is C22H22N2O5. The molecule has 0 aliphatic heterocycles. The molecule has 3 rings (SSSR count). The van der Waals surface area contributed by atoms with E-state index < -0.39 is 5.97 Å². The van der Waals surface area contributed by atoms with Gasteiger partial charge in [0, 0.05) is 11.1 Å². The maximum Gasteiger partial charge on any atom is 0.356 e. The summed E-state index contributed by atoms with van der Waals surface area (Å²) in [5.74, 6) is 0.674. The number of Topliss-reactive ketones (excluding diaryl/α,β-unsaturated/α-hetero) is 1. The first-order valence-corrected chi connectivity index (χ1v) is 9.12. The molecule has 29 heavy (non-hydrogen) atoms. The van der Waals surface area contributed by atoms with Gasteiger partial charge in [-0.3, -0.25) is 4.79 Å². The van der Waals surface area contributed by atoms with Crippen LogP contribution in [-0.4, -0.2) is 42.4 Å². The molecule has 0 atom stereocenters. The third-order valence-electron chi connectivity index (χ3n) is 4.36. The summed E-state index contributed by atoms with van der Waals surface area (Å²) >= 11 is 0. The van der Waals surface area contributed by atoms with E-state index in [0.717, 1.165) is 5.56 Å². The van der Waals surface area contributed by atoms with E-state index in [1.807, 2.05) is 12.1 Å². The van der Waals surface area contributed by atoms with Gasteiger partial charge in [-0.1, -0.05) is 0 Å². The van der Waals surface area contributed by atoms with Crippen molar-refractivity contribution in [3.63, 3.8) is 0 Å². The number of ether oxygens (including phenoxy) is 3. The molecule has 1 aromatic heterocycles. The average Bonchev–Trinajstić information content (AvgIpc) is 3.18. The molecule has 0 amide bonds. The summed E-state index contributed by atoms with van der Waals surface area (Å²) in [6, 6.07) is 15.7. The number of methoxy groups -OCH3 is 2.